The quantitative estimate of drug-likeness (QED) is 0.811. The molecule has 1 amide bonds. The van der Waals surface area contributed by atoms with Crippen LogP contribution in [-0.2, 0) is 11.3 Å². The van der Waals surface area contributed by atoms with Crippen molar-refractivity contribution < 1.29 is 9.53 Å². The molecule has 0 radical (unpaired) electrons. The van der Waals surface area contributed by atoms with E-state index in [2.05, 4.69) is 36.5 Å². The number of hydrogen-bond donors (Lipinski definition) is 1. The van der Waals surface area contributed by atoms with Gasteiger partial charge in [0.25, 0.3) is 5.91 Å². The molecule has 1 N–H and O–H groups in total. The number of hydrogen-bond acceptors (Lipinski definition) is 3. The van der Waals surface area contributed by atoms with Crippen molar-refractivity contribution in [2.45, 2.75) is 32.2 Å². The number of aryl methyl sites for hydroxylation is 1. The number of piperidine rings is 1. The zero-order valence-corrected chi connectivity index (χ0v) is 16.4. The molecule has 3 rings (SSSR count). The Morgan fingerprint density at radius 3 is 2.63 bits per heavy atom. The van der Waals surface area contributed by atoms with Crippen molar-refractivity contribution in [2.75, 3.05) is 33.4 Å². The van der Waals surface area contributed by atoms with Crippen molar-refractivity contribution in [3.63, 3.8) is 0 Å². The molecule has 0 unspecified atom stereocenters. The zero-order chi connectivity index (χ0) is 19.1. The third-order valence-corrected chi connectivity index (χ3v) is 5.40. The van der Waals surface area contributed by atoms with Crippen molar-refractivity contribution in [1.82, 2.24) is 10.2 Å². The lowest BCUT2D eigenvalue weighted by Gasteiger charge is -2.25. The zero-order valence-electron chi connectivity index (χ0n) is 16.4. The second-order valence-electron chi connectivity index (χ2n) is 7.31. The Morgan fingerprint density at radius 1 is 1.19 bits per heavy atom. The summed E-state index contributed by atoms with van der Waals surface area (Å²) in [7, 11) is 1.67. The number of carbonyl (C=O) groups excluding carboxylic acids is 1. The van der Waals surface area contributed by atoms with Crippen LogP contribution in [0.3, 0.4) is 0 Å². The van der Waals surface area contributed by atoms with Crippen LogP contribution in [0.25, 0.3) is 0 Å². The molecule has 27 heavy (non-hydrogen) atoms. The first-order valence-corrected chi connectivity index (χ1v) is 9.82. The topological polar surface area (TPSA) is 41.6 Å². The summed E-state index contributed by atoms with van der Waals surface area (Å²) >= 11 is 0. The van der Waals surface area contributed by atoms with Gasteiger partial charge in [-0.05, 0) is 61.1 Å². The molecule has 0 aliphatic carbocycles. The molecule has 1 heterocycles. The van der Waals surface area contributed by atoms with Gasteiger partial charge in [0.05, 0.1) is 6.61 Å². The van der Waals surface area contributed by atoms with Crippen LogP contribution in [0.5, 0.6) is 0 Å². The van der Waals surface area contributed by atoms with Gasteiger partial charge in [-0.25, -0.2) is 0 Å². The maximum absolute atomic E-state index is 13.1. The minimum Gasteiger partial charge on any atom is -0.383 e. The van der Waals surface area contributed by atoms with Crippen LogP contribution in [-0.4, -0.2) is 44.2 Å². The molecule has 1 aliphatic rings. The summed E-state index contributed by atoms with van der Waals surface area (Å²) in [5, 5.41) is 3.46. The highest BCUT2D eigenvalue weighted by atomic mass is 16.5. The van der Waals surface area contributed by atoms with E-state index in [9.17, 15) is 4.79 Å². The Kier molecular flexibility index (Phi) is 7.02. The number of carbonyl (C=O) groups is 1. The maximum atomic E-state index is 13.1. The van der Waals surface area contributed by atoms with Crippen LogP contribution >= 0.6 is 0 Å². The summed E-state index contributed by atoms with van der Waals surface area (Å²) < 4.78 is 5.22. The van der Waals surface area contributed by atoms with Gasteiger partial charge >= 0.3 is 0 Å². The number of benzene rings is 2. The van der Waals surface area contributed by atoms with E-state index in [1.807, 2.05) is 29.2 Å². The van der Waals surface area contributed by atoms with E-state index in [0.29, 0.717) is 25.6 Å². The van der Waals surface area contributed by atoms with Gasteiger partial charge in [-0.2, -0.15) is 0 Å². The van der Waals surface area contributed by atoms with Gasteiger partial charge < -0.3 is 15.0 Å². The maximum Gasteiger partial charge on any atom is 0.254 e. The molecule has 4 nitrogen and oxygen atoms in total. The summed E-state index contributed by atoms with van der Waals surface area (Å²) in [6, 6.07) is 16.4. The Hall–Kier alpha value is -2.17. The molecule has 1 saturated heterocycles. The fraction of sp³-hybridized carbons (Fsp3) is 0.435. The summed E-state index contributed by atoms with van der Waals surface area (Å²) in [5.74, 6) is 0.614. The van der Waals surface area contributed by atoms with Gasteiger partial charge in [0.2, 0.25) is 0 Å². The number of nitrogens with zero attached hydrogens (tertiary/aromatic N) is 1. The minimum absolute atomic E-state index is 0.0589. The van der Waals surface area contributed by atoms with Gasteiger partial charge in [0.15, 0.2) is 0 Å². The Morgan fingerprint density at radius 2 is 1.96 bits per heavy atom. The van der Waals surface area contributed by atoms with E-state index < -0.39 is 0 Å². The molecular formula is C23H30N2O2. The van der Waals surface area contributed by atoms with Gasteiger partial charge in [-0.15, -0.1) is 0 Å². The van der Waals surface area contributed by atoms with Crippen LogP contribution in [0.2, 0.25) is 0 Å². The third-order valence-electron chi connectivity index (χ3n) is 5.40. The molecule has 0 spiro atoms. The first-order valence-electron chi connectivity index (χ1n) is 9.82. The Balaban J connectivity index is 1.73. The molecule has 4 heteroatoms. The molecule has 1 atom stereocenters. The summed E-state index contributed by atoms with van der Waals surface area (Å²) in [6.07, 6.45) is 2.43. The Bertz CT molecular complexity index is 736. The Labute approximate surface area is 162 Å². The summed E-state index contributed by atoms with van der Waals surface area (Å²) in [5.41, 5.74) is 4.44. The van der Waals surface area contributed by atoms with Crippen LogP contribution in [0.15, 0.2) is 48.5 Å². The molecule has 0 saturated carbocycles. The van der Waals surface area contributed by atoms with Crippen LogP contribution in [0.1, 0.15) is 45.8 Å². The highest BCUT2D eigenvalue weighted by Gasteiger charge is 2.19. The van der Waals surface area contributed by atoms with Crippen molar-refractivity contribution >= 4 is 5.91 Å². The molecule has 1 fully saturated rings. The number of amides is 1. The molecule has 2 aromatic carbocycles. The van der Waals surface area contributed by atoms with Crippen molar-refractivity contribution in [3.05, 3.63) is 70.8 Å². The average Bonchev–Trinajstić information content (AvgIpc) is 2.72. The van der Waals surface area contributed by atoms with Gasteiger partial charge in [0.1, 0.15) is 0 Å². The lowest BCUT2D eigenvalue weighted by atomic mass is 9.91. The van der Waals surface area contributed by atoms with Gasteiger partial charge in [0, 0.05) is 32.3 Å². The standard InChI is InChI=1S/C23H30N2O2/c1-18-6-3-4-7-22(18)17-25(14-15-27-2)23(26)20-11-9-19(10-12-20)21-8-5-13-24-16-21/h3-4,6-7,9-12,21,24H,5,8,13-17H2,1-2H3/t21-/m1/s1. The summed E-state index contributed by atoms with van der Waals surface area (Å²) in [6.45, 7) is 5.94. The average molecular weight is 367 g/mol. The largest absolute Gasteiger partial charge is 0.383 e. The number of ether oxygens (including phenoxy) is 1. The number of methoxy groups -OCH3 is 1. The van der Waals surface area contributed by atoms with Crippen LogP contribution < -0.4 is 5.32 Å². The molecule has 2 aromatic rings. The predicted octanol–water partition coefficient (Wildman–Crippen LogP) is 3.75. The van der Waals surface area contributed by atoms with E-state index in [0.717, 1.165) is 18.7 Å². The van der Waals surface area contributed by atoms with Crippen LogP contribution in [0.4, 0.5) is 0 Å². The fourth-order valence-corrected chi connectivity index (χ4v) is 3.66. The molecule has 144 valence electrons. The third kappa shape index (κ3) is 5.18. The smallest absolute Gasteiger partial charge is 0.254 e. The molecule has 1 aliphatic heterocycles. The van der Waals surface area contributed by atoms with Gasteiger partial charge in [-0.1, -0.05) is 36.4 Å². The predicted molar refractivity (Wildman–Crippen MR) is 109 cm³/mol. The normalized spacial score (nSPS) is 16.9. The van der Waals surface area contributed by atoms with E-state index in [1.54, 1.807) is 7.11 Å². The van der Waals surface area contributed by atoms with Crippen molar-refractivity contribution in [2.24, 2.45) is 0 Å². The highest BCUT2D eigenvalue weighted by molar-refractivity contribution is 5.94. The lowest BCUT2D eigenvalue weighted by Crippen LogP contribution is -2.33. The van der Waals surface area contributed by atoms with Crippen molar-refractivity contribution in [3.8, 4) is 0 Å². The SMILES string of the molecule is COCCN(Cc1ccccc1C)C(=O)c1ccc([C@@H]2CCCNC2)cc1. The van der Waals surface area contributed by atoms with Crippen LogP contribution in [0, 0.1) is 6.92 Å². The number of nitrogens with one attached hydrogen (secondary N) is 1. The van der Waals surface area contributed by atoms with E-state index in [-0.39, 0.29) is 5.91 Å². The monoisotopic (exact) mass is 366 g/mol. The fourth-order valence-electron chi connectivity index (χ4n) is 3.66. The number of rotatable bonds is 7. The summed E-state index contributed by atoms with van der Waals surface area (Å²) in [4.78, 5) is 15.0. The minimum atomic E-state index is 0.0589. The molecule has 0 bridgehead atoms. The molecular weight excluding hydrogens is 336 g/mol. The first-order chi connectivity index (χ1) is 13.2. The van der Waals surface area contributed by atoms with E-state index in [4.69, 9.17) is 4.74 Å². The second-order valence-corrected chi connectivity index (χ2v) is 7.31. The second kappa shape index (κ2) is 9.67. The van der Waals surface area contributed by atoms with Crippen molar-refractivity contribution in [1.29, 1.82) is 0 Å². The lowest BCUT2D eigenvalue weighted by molar-refractivity contribution is 0.0680. The highest BCUT2D eigenvalue weighted by Crippen LogP contribution is 2.24. The molecule has 0 aromatic heterocycles. The van der Waals surface area contributed by atoms with E-state index >= 15 is 0 Å². The first kappa shape index (κ1) is 19.6. The van der Waals surface area contributed by atoms with E-state index in [1.165, 1.54) is 29.5 Å². The van der Waals surface area contributed by atoms with Gasteiger partial charge in [-0.3, -0.25) is 4.79 Å².